The molecule has 38 heavy (non-hydrogen) atoms. The van der Waals surface area contributed by atoms with Crippen molar-refractivity contribution in [3.05, 3.63) is 53.9 Å². The number of carbonyl (C=O) groups is 1. The first-order valence-electron chi connectivity index (χ1n) is 12.7. The second-order valence-corrected chi connectivity index (χ2v) is 9.60. The number of fused-ring (bicyclic) bond motifs is 1. The van der Waals surface area contributed by atoms with Crippen molar-refractivity contribution < 1.29 is 22.7 Å². The molecule has 3 aromatic rings. The molecule has 2 aliphatic rings. The van der Waals surface area contributed by atoms with E-state index in [4.69, 9.17) is 9.97 Å². The molecule has 0 spiro atoms. The number of amides is 1. The van der Waals surface area contributed by atoms with Crippen LogP contribution in [0.3, 0.4) is 0 Å². The van der Waals surface area contributed by atoms with E-state index >= 15 is 0 Å². The third-order valence-electron chi connectivity index (χ3n) is 6.94. The second-order valence-electron chi connectivity index (χ2n) is 9.60. The van der Waals surface area contributed by atoms with Gasteiger partial charge in [0.25, 0.3) is 0 Å². The number of pyridine rings is 1. The molecule has 8 nitrogen and oxygen atoms in total. The van der Waals surface area contributed by atoms with Crippen LogP contribution in [0.25, 0.3) is 17.1 Å². The zero-order valence-corrected chi connectivity index (χ0v) is 21.0. The number of carbonyl (C=O) groups excluding carboxylic acids is 1. The number of piperidine rings is 1. The maximum atomic E-state index is 12.4. The molecule has 1 N–H and O–H groups in total. The van der Waals surface area contributed by atoms with Gasteiger partial charge in [0.15, 0.2) is 5.65 Å². The maximum absolute atomic E-state index is 12.4. The Morgan fingerprint density at radius 3 is 2.47 bits per heavy atom. The Bertz CT molecular complexity index is 1310. The van der Waals surface area contributed by atoms with Gasteiger partial charge in [-0.25, -0.2) is 9.97 Å². The Labute approximate surface area is 218 Å². The van der Waals surface area contributed by atoms with E-state index in [-0.39, 0.29) is 5.75 Å². The van der Waals surface area contributed by atoms with Gasteiger partial charge in [-0.05, 0) is 75.5 Å². The Kier molecular flexibility index (Phi) is 7.46. The van der Waals surface area contributed by atoms with Crippen LogP contribution in [-0.4, -0.2) is 64.3 Å². The normalized spacial score (nSPS) is 17.4. The van der Waals surface area contributed by atoms with Gasteiger partial charge < -0.3 is 19.9 Å². The molecule has 2 aliphatic heterocycles. The number of nitrogens with zero attached hydrogens (tertiary/aromatic N) is 5. The number of alkyl halides is 3. The van der Waals surface area contributed by atoms with E-state index in [1.165, 1.54) is 62.3 Å². The first-order chi connectivity index (χ1) is 18.2. The van der Waals surface area contributed by atoms with E-state index in [1.54, 1.807) is 12.3 Å². The molecule has 0 saturated carbocycles. The van der Waals surface area contributed by atoms with Gasteiger partial charge >= 0.3 is 6.36 Å². The monoisotopic (exact) mass is 526 g/mol. The molecule has 1 amide bonds. The first-order valence-corrected chi connectivity index (χ1v) is 12.7. The molecule has 11 heteroatoms. The molecule has 2 fully saturated rings. The number of aromatic nitrogens is 3. The van der Waals surface area contributed by atoms with Gasteiger partial charge in [0, 0.05) is 30.6 Å². The van der Waals surface area contributed by atoms with E-state index in [9.17, 15) is 18.0 Å². The van der Waals surface area contributed by atoms with Gasteiger partial charge in [-0.3, -0.25) is 4.79 Å². The number of ether oxygens (including phenoxy) is 1. The SMILES string of the molecule is Cc1nc(N2CCC(N3CCCC3)CC2)nc2ncc(NC(=O)C=Cc3ccc(OC(F)(F)F)cc3)cc12. The number of benzene rings is 1. The summed E-state index contributed by atoms with van der Waals surface area (Å²) in [4.78, 5) is 31.1. The number of hydrogen-bond donors (Lipinski definition) is 1. The lowest BCUT2D eigenvalue weighted by atomic mass is 10.0. The molecule has 0 unspecified atom stereocenters. The summed E-state index contributed by atoms with van der Waals surface area (Å²) >= 11 is 0. The van der Waals surface area contributed by atoms with E-state index in [2.05, 4.69) is 24.8 Å². The number of nitrogens with one attached hydrogen (secondary N) is 1. The highest BCUT2D eigenvalue weighted by molar-refractivity contribution is 6.02. The smallest absolute Gasteiger partial charge is 0.406 e. The molecule has 2 saturated heterocycles. The largest absolute Gasteiger partial charge is 0.573 e. The summed E-state index contributed by atoms with van der Waals surface area (Å²) in [5.74, 6) is -0.0415. The number of aryl methyl sites for hydroxylation is 1. The minimum absolute atomic E-state index is 0.325. The highest BCUT2D eigenvalue weighted by atomic mass is 19.4. The van der Waals surface area contributed by atoms with Crippen LogP contribution in [0.2, 0.25) is 0 Å². The van der Waals surface area contributed by atoms with Crippen molar-refractivity contribution in [2.75, 3.05) is 36.4 Å². The molecular formula is C27H29F3N6O2. The van der Waals surface area contributed by atoms with Crippen LogP contribution in [-0.2, 0) is 4.79 Å². The zero-order valence-electron chi connectivity index (χ0n) is 21.0. The second kappa shape index (κ2) is 10.9. The highest BCUT2D eigenvalue weighted by Gasteiger charge is 2.31. The lowest BCUT2D eigenvalue weighted by Gasteiger charge is -2.36. The van der Waals surface area contributed by atoms with Gasteiger partial charge in [-0.2, -0.15) is 4.98 Å². The third-order valence-corrected chi connectivity index (χ3v) is 6.94. The van der Waals surface area contributed by atoms with Crippen LogP contribution in [0.5, 0.6) is 5.75 Å². The Morgan fingerprint density at radius 1 is 1.08 bits per heavy atom. The predicted molar refractivity (Wildman–Crippen MR) is 139 cm³/mol. The minimum atomic E-state index is -4.75. The van der Waals surface area contributed by atoms with Gasteiger partial charge in [0.05, 0.1) is 17.6 Å². The van der Waals surface area contributed by atoms with Crippen LogP contribution in [0.15, 0.2) is 42.6 Å². The fourth-order valence-electron chi connectivity index (χ4n) is 5.03. The van der Waals surface area contributed by atoms with Crippen LogP contribution in [0.4, 0.5) is 24.8 Å². The summed E-state index contributed by atoms with van der Waals surface area (Å²) in [5, 5.41) is 3.50. The van der Waals surface area contributed by atoms with E-state index in [0.717, 1.165) is 37.0 Å². The fourth-order valence-corrected chi connectivity index (χ4v) is 5.03. The van der Waals surface area contributed by atoms with Crippen molar-refractivity contribution in [2.45, 2.75) is 45.0 Å². The molecule has 0 radical (unpaired) electrons. The van der Waals surface area contributed by atoms with Crippen molar-refractivity contribution in [2.24, 2.45) is 0 Å². The number of rotatable bonds is 6. The Hall–Kier alpha value is -3.73. The van der Waals surface area contributed by atoms with Gasteiger partial charge in [-0.1, -0.05) is 12.1 Å². The fraction of sp³-hybridized carbons (Fsp3) is 0.407. The zero-order chi connectivity index (χ0) is 26.7. The number of likely N-dealkylation sites (tertiary alicyclic amines) is 1. The van der Waals surface area contributed by atoms with Crippen molar-refractivity contribution in [3.8, 4) is 5.75 Å². The quantitative estimate of drug-likeness (QED) is 0.455. The molecule has 1 aromatic carbocycles. The lowest BCUT2D eigenvalue weighted by molar-refractivity contribution is -0.274. The standard InChI is InChI=1S/C27H29F3N6O2/c1-18-23-16-20(33-24(37)9-6-19-4-7-22(8-5-19)38-27(28,29)30)17-31-25(23)34-26(32-18)36-14-10-21(11-15-36)35-12-2-3-13-35/h4-9,16-17,21H,2-3,10-15H2,1H3,(H,33,37). The predicted octanol–water partition coefficient (Wildman–Crippen LogP) is 4.95. The molecular weight excluding hydrogens is 497 g/mol. The summed E-state index contributed by atoms with van der Waals surface area (Å²) in [6.07, 6.45) is 4.41. The molecule has 4 heterocycles. The first kappa shape index (κ1) is 25.9. The summed E-state index contributed by atoms with van der Waals surface area (Å²) in [5.41, 5.74) is 2.40. The molecule has 5 rings (SSSR count). The van der Waals surface area contributed by atoms with Crippen molar-refractivity contribution in [3.63, 3.8) is 0 Å². The lowest BCUT2D eigenvalue weighted by Crippen LogP contribution is -2.44. The van der Waals surface area contributed by atoms with Crippen LogP contribution in [0, 0.1) is 6.92 Å². The average molecular weight is 527 g/mol. The Morgan fingerprint density at radius 2 is 1.79 bits per heavy atom. The third kappa shape index (κ3) is 6.39. The van der Waals surface area contributed by atoms with Crippen molar-refractivity contribution in [1.82, 2.24) is 19.9 Å². The molecule has 200 valence electrons. The summed E-state index contributed by atoms with van der Waals surface area (Å²) < 4.78 is 40.7. The number of anilines is 2. The average Bonchev–Trinajstić information content (AvgIpc) is 3.43. The van der Waals surface area contributed by atoms with E-state index < -0.39 is 12.3 Å². The molecule has 0 aliphatic carbocycles. The van der Waals surface area contributed by atoms with E-state index in [0.29, 0.717) is 28.9 Å². The van der Waals surface area contributed by atoms with Gasteiger partial charge in [0.2, 0.25) is 11.9 Å². The maximum Gasteiger partial charge on any atom is 0.573 e. The number of halogens is 3. The van der Waals surface area contributed by atoms with Gasteiger partial charge in [0.1, 0.15) is 5.75 Å². The van der Waals surface area contributed by atoms with Gasteiger partial charge in [-0.15, -0.1) is 13.2 Å². The highest BCUT2D eigenvalue weighted by Crippen LogP contribution is 2.26. The van der Waals surface area contributed by atoms with Crippen LogP contribution < -0.4 is 15.0 Å². The molecule has 2 aromatic heterocycles. The molecule has 0 atom stereocenters. The van der Waals surface area contributed by atoms with E-state index in [1.807, 2.05) is 6.92 Å². The summed E-state index contributed by atoms with van der Waals surface area (Å²) in [6, 6.07) is 7.66. The summed E-state index contributed by atoms with van der Waals surface area (Å²) in [7, 11) is 0. The number of hydrogen-bond acceptors (Lipinski definition) is 7. The topological polar surface area (TPSA) is 83.5 Å². The summed E-state index contributed by atoms with van der Waals surface area (Å²) in [6.45, 7) is 6.17. The van der Waals surface area contributed by atoms with Crippen molar-refractivity contribution in [1.29, 1.82) is 0 Å². The molecule has 0 bridgehead atoms. The van der Waals surface area contributed by atoms with Crippen LogP contribution >= 0.6 is 0 Å². The Balaban J connectivity index is 1.20. The van der Waals surface area contributed by atoms with Crippen molar-refractivity contribution >= 4 is 34.7 Å². The van der Waals surface area contributed by atoms with Crippen LogP contribution in [0.1, 0.15) is 36.9 Å². The minimum Gasteiger partial charge on any atom is -0.406 e.